The minimum absolute atomic E-state index is 0.739. The summed E-state index contributed by atoms with van der Waals surface area (Å²) in [6, 6.07) is 2.17. The van der Waals surface area contributed by atoms with Gasteiger partial charge in [-0.2, -0.15) is 0 Å². The fourth-order valence-electron chi connectivity index (χ4n) is 2.78. The van der Waals surface area contributed by atoms with Gasteiger partial charge in [-0.3, -0.25) is 4.98 Å². The van der Waals surface area contributed by atoms with E-state index in [1.165, 1.54) is 30.5 Å². The third kappa shape index (κ3) is 1.94. The summed E-state index contributed by atoms with van der Waals surface area (Å²) in [6.45, 7) is 2.35. The van der Waals surface area contributed by atoms with Crippen LogP contribution in [0.2, 0.25) is 0 Å². The van der Waals surface area contributed by atoms with Crippen LogP contribution >= 0.6 is 15.9 Å². The van der Waals surface area contributed by atoms with E-state index >= 15 is 0 Å². The average molecular weight is 279 g/mol. The molecule has 1 saturated heterocycles. The maximum Gasteiger partial charge on any atom is 0.0410 e. The second-order valence-corrected chi connectivity index (χ2v) is 5.62. The van der Waals surface area contributed by atoms with Gasteiger partial charge < -0.3 is 5.32 Å². The van der Waals surface area contributed by atoms with Crippen molar-refractivity contribution in [3.63, 3.8) is 0 Å². The van der Waals surface area contributed by atoms with Crippen molar-refractivity contribution in [3.05, 3.63) is 34.6 Å². The predicted octanol–water partition coefficient (Wildman–Crippen LogP) is 2.86. The molecule has 1 aliphatic carbocycles. The van der Waals surface area contributed by atoms with Crippen LogP contribution in [0, 0.1) is 11.8 Å². The molecule has 84 valence electrons. The molecule has 1 aromatic heterocycles. The Balaban J connectivity index is 1.90. The Hall–Kier alpha value is -0.670. The van der Waals surface area contributed by atoms with Crippen LogP contribution in [0.15, 0.2) is 29.0 Å². The summed E-state index contributed by atoms with van der Waals surface area (Å²) in [4.78, 5) is 4.24. The lowest BCUT2D eigenvalue weighted by molar-refractivity contribution is 0.448. The zero-order valence-electron chi connectivity index (χ0n) is 9.12. The lowest BCUT2D eigenvalue weighted by atomic mass is 9.81. The van der Waals surface area contributed by atoms with Gasteiger partial charge >= 0.3 is 0 Å². The maximum absolute atomic E-state index is 4.24. The highest BCUT2D eigenvalue weighted by Crippen LogP contribution is 2.35. The van der Waals surface area contributed by atoms with E-state index in [1.54, 1.807) is 0 Å². The lowest BCUT2D eigenvalue weighted by Gasteiger charge is -2.23. The smallest absolute Gasteiger partial charge is 0.0410 e. The molecule has 3 heteroatoms. The first-order chi connectivity index (χ1) is 7.83. The third-order valence-corrected chi connectivity index (χ3v) is 4.10. The highest BCUT2D eigenvalue weighted by atomic mass is 79.9. The molecule has 0 bridgehead atoms. The van der Waals surface area contributed by atoms with Gasteiger partial charge in [0.1, 0.15) is 0 Å². The Kier molecular flexibility index (Phi) is 2.82. The van der Waals surface area contributed by atoms with Crippen molar-refractivity contribution >= 4 is 21.5 Å². The van der Waals surface area contributed by atoms with Gasteiger partial charge in [-0.05, 0) is 64.4 Å². The number of halogens is 1. The Morgan fingerprint density at radius 2 is 2.25 bits per heavy atom. The molecule has 2 heterocycles. The van der Waals surface area contributed by atoms with Gasteiger partial charge in [0.25, 0.3) is 0 Å². The number of pyridine rings is 1. The zero-order valence-corrected chi connectivity index (χ0v) is 10.7. The molecule has 2 aliphatic rings. The molecule has 16 heavy (non-hydrogen) atoms. The summed E-state index contributed by atoms with van der Waals surface area (Å²) in [5.74, 6) is 1.60. The molecule has 1 fully saturated rings. The van der Waals surface area contributed by atoms with E-state index in [0.29, 0.717) is 0 Å². The Bertz CT molecular complexity index is 428. The highest BCUT2D eigenvalue weighted by molar-refractivity contribution is 9.10. The van der Waals surface area contributed by atoms with Crippen molar-refractivity contribution in [2.45, 2.75) is 12.8 Å². The molecule has 2 nitrogen and oxygen atoms in total. The summed E-state index contributed by atoms with van der Waals surface area (Å²) in [5, 5.41) is 3.48. The first kappa shape index (κ1) is 10.5. The number of nitrogens with one attached hydrogen (secondary N) is 1. The standard InChI is InChI=1S/C13H15BrN2/c14-13-4-12(7-16-8-13)9-1-2-10-5-15-6-11(10)3-9/h3-4,7-8,10-11,15H,1-2,5-6H2/t10-,11+/m1/s1. The van der Waals surface area contributed by atoms with Crippen molar-refractivity contribution in [1.29, 1.82) is 0 Å². The molecule has 1 aliphatic heterocycles. The molecule has 1 aromatic rings. The van der Waals surface area contributed by atoms with Crippen LogP contribution in [0.3, 0.4) is 0 Å². The van der Waals surface area contributed by atoms with Gasteiger partial charge in [-0.1, -0.05) is 6.08 Å². The molecule has 0 saturated carbocycles. The van der Waals surface area contributed by atoms with Crippen LogP contribution in [-0.2, 0) is 0 Å². The fraction of sp³-hybridized carbons (Fsp3) is 0.462. The molecule has 3 rings (SSSR count). The topological polar surface area (TPSA) is 24.9 Å². The van der Waals surface area contributed by atoms with E-state index in [0.717, 1.165) is 22.9 Å². The van der Waals surface area contributed by atoms with E-state index in [-0.39, 0.29) is 0 Å². The first-order valence-electron chi connectivity index (χ1n) is 5.85. The van der Waals surface area contributed by atoms with Gasteiger partial charge in [0.15, 0.2) is 0 Å². The van der Waals surface area contributed by atoms with Crippen molar-refractivity contribution < 1.29 is 0 Å². The van der Waals surface area contributed by atoms with E-state index in [2.05, 4.69) is 38.4 Å². The first-order valence-corrected chi connectivity index (χ1v) is 6.64. The van der Waals surface area contributed by atoms with Crippen LogP contribution in [0.25, 0.3) is 5.57 Å². The summed E-state index contributed by atoms with van der Waals surface area (Å²) < 4.78 is 1.07. The molecular formula is C13H15BrN2. The van der Waals surface area contributed by atoms with Crippen LogP contribution in [-0.4, -0.2) is 18.1 Å². The highest BCUT2D eigenvalue weighted by Gasteiger charge is 2.29. The zero-order chi connectivity index (χ0) is 11.0. The minimum atomic E-state index is 0.739. The van der Waals surface area contributed by atoms with Crippen molar-refractivity contribution in [3.8, 4) is 0 Å². The largest absolute Gasteiger partial charge is 0.316 e. The fourth-order valence-corrected chi connectivity index (χ4v) is 3.14. The number of nitrogens with zero attached hydrogens (tertiary/aromatic N) is 1. The van der Waals surface area contributed by atoms with Gasteiger partial charge in [0.2, 0.25) is 0 Å². The van der Waals surface area contributed by atoms with E-state index in [9.17, 15) is 0 Å². The average Bonchev–Trinajstić information content (AvgIpc) is 2.75. The summed E-state index contributed by atoms with van der Waals surface area (Å²) in [5.41, 5.74) is 2.75. The molecule has 0 radical (unpaired) electrons. The Morgan fingerprint density at radius 1 is 1.31 bits per heavy atom. The number of hydrogen-bond donors (Lipinski definition) is 1. The molecule has 0 unspecified atom stereocenters. The lowest BCUT2D eigenvalue weighted by Crippen LogP contribution is -2.15. The van der Waals surface area contributed by atoms with Crippen LogP contribution in [0.1, 0.15) is 18.4 Å². The number of hydrogen-bond acceptors (Lipinski definition) is 2. The van der Waals surface area contributed by atoms with E-state index < -0.39 is 0 Å². The van der Waals surface area contributed by atoms with Gasteiger partial charge in [-0.25, -0.2) is 0 Å². The second-order valence-electron chi connectivity index (χ2n) is 4.70. The van der Waals surface area contributed by atoms with E-state index in [1.807, 2.05) is 12.4 Å². The summed E-state index contributed by atoms with van der Waals surface area (Å²) in [7, 11) is 0. The van der Waals surface area contributed by atoms with E-state index in [4.69, 9.17) is 0 Å². The third-order valence-electron chi connectivity index (χ3n) is 3.67. The van der Waals surface area contributed by atoms with Crippen molar-refractivity contribution in [1.82, 2.24) is 10.3 Å². The predicted molar refractivity (Wildman–Crippen MR) is 69.0 cm³/mol. The van der Waals surface area contributed by atoms with Gasteiger partial charge in [-0.15, -0.1) is 0 Å². The molecule has 0 spiro atoms. The number of fused-ring (bicyclic) bond motifs is 1. The van der Waals surface area contributed by atoms with Crippen LogP contribution < -0.4 is 5.32 Å². The van der Waals surface area contributed by atoms with Gasteiger partial charge in [0, 0.05) is 23.4 Å². The Labute approximate surface area is 104 Å². The van der Waals surface area contributed by atoms with Gasteiger partial charge in [0.05, 0.1) is 0 Å². The minimum Gasteiger partial charge on any atom is -0.316 e. The summed E-state index contributed by atoms with van der Waals surface area (Å²) >= 11 is 3.48. The van der Waals surface area contributed by atoms with Crippen LogP contribution in [0.5, 0.6) is 0 Å². The second kappa shape index (κ2) is 4.30. The molecule has 2 atom stereocenters. The number of allylic oxidation sites excluding steroid dienone is 1. The quantitative estimate of drug-likeness (QED) is 0.855. The Morgan fingerprint density at radius 3 is 3.12 bits per heavy atom. The van der Waals surface area contributed by atoms with Crippen molar-refractivity contribution in [2.75, 3.05) is 13.1 Å². The summed E-state index contributed by atoms with van der Waals surface area (Å²) in [6.07, 6.45) is 8.78. The molecular weight excluding hydrogens is 264 g/mol. The normalized spacial score (nSPS) is 28.7. The SMILES string of the molecule is Brc1cncc(C2=C[C@H]3CNC[C@H]3CC2)c1. The van der Waals surface area contributed by atoms with Crippen LogP contribution in [0.4, 0.5) is 0 Å². The van der Waals surface area contributed by atoms with Crippen molar-refractivity contribution in [2.24, 2.45) is 11.8 Å². The maximum atomic E-state index is 4.24. The number of aromatic nitrogens is 1. The molecule has 0 aromatic carbocycles. The number of rotatable bonds is 1. The monoisotopic (exact) mass is 278 g/mol. The molecule has 0 amide bonds. The molecule has 1 N–H and O–H groups in total.